The Labute approximate surface area is 371 Å². The van der Waals surface area contributed by atoms with Crippen molar-refractivity contribution in [1.82, 2.24) is 0 Å². The zero-order chi connectivity index (χ0) is 41.5. The van der Waals surface area contributed by atoms with Gasteiger partial charge in [-0.3, -0.25) is 0 Å². The first kappa shape index (κ1) is 35.9. The fraction of sp³-hybridized carbons (Fsp3) is 0.0164. The number of anilines is 3. The molecule has 1 spiro atoms. The van der Waals surface area contributed by atoms with Crippen molar-refractivity contribution in [3.05, 3.63) is 259 Å². The van der Waals surface area contributed by atoms with E-state index < -0.39 is 5.41 Å². The average Bonchev–Trinajstić information content (AvgIpc) is 3.98. The maximum Gasteiger partial charge on any atom is 0.0726 e. The number of rotatable bonds is 6. The van der Waals surface area contributed by atoms with E-state index in [-0.39, 0.29) is 0 Å². The molecule has 294 valence electrons. The van der Waals surface area contributed by atoms with Crippen LogP contribution in [0.4, 0.5) is 17.1 Å². The molecule has 0 saturated heterocycles. The normalized spacial score (nSPS) is 12.9. The van der Waals surface area contributed by atoms with Gasteiger partial charge in [-0.2, -0.15) is 0 Å². The lowest BCUT2D eigenvalue weighted by Gasteiger charge is -2.30. The van der Waals surface area contributed by atoms with Crippen LogP contribution in [0.25, 0.3) is 75.8 Å². The van der Waals surface area contributed by atoms with E-state index in [9.17, 15) is 0 Å². The van der Waals surface area contributed by atoms with Gasteiger partial charge >= 0.3 is 0 Å². The third-order valence-electron chi connectivity index (χ3n) is 13.5. The highest BCUT2D eigenvalue weighted by molar-refractivity contribution is 7.26. The molecule has 0 fully saturated rings. The van der Waals surface area contributed by atoms with E-state index in [0.717, 1.165) is 17.1 Å². The van der Waals surface area contributed by atoms with Crippen LogP contribution in [-0.4, -0.2) is 0 Å². The van der Waals surface area contributed by atoms with Crippen LogP contribution in [0.5, 0.6) is 0 Å². The smallest absolute Gasteiger partial charge is 0.0726 e. The first-order chi connectivity index (χ1) is 31.3. The van der Waals surface area contributed by atoms with Crippen LogP contribution in [0.15, 0.2) is 237 Å². The summed E-state index contributed by atoms with van der Waals surface area (Å²) < 4.78 is 2.59. The van der Waals surface area contributed by atoms with Gasteiger partial charge in [-0.25, -0.2) is 0 Å². The molecule has 0 amide bonds. The molecule has 2 aliphatic carbocycles. The van der Waals surface area contributed by atoms with Gasteiger partial charge < -0.3 is 4.90 Å². The third-order valence-corrected chi connectivity index (χ3v) is 14.6. The number of thiophene rings is 1. The lowest BCUT2D eigenvalue weighted by molar-refractivity contribution is 0.795. The van der Waals surface area contributed by atoms with Crippen molar-refractivity contribution in [2.75, 3.05) is 4.90 Å². The summed E-state index contributed by atoms with van der Waals surface area (Å²) in [4.78, 5) is 2.42. The standard InChI is InChI=1S/C61H39NS/c1-4-16-40(17-5-1)42-28-32-45(33-29-42)62(46-34-30-43(31-35-46)41-18-6-2-7-19-41)47-36-37-56-51(38-47)60-57(63-56)39-55-59(58(60)44-20-8-3-9-21-44)50-24-12-15-27-54(50)61(55)52-25-13-10-22-48(52)49-23-11-14-26-53(49)61/h1-39H. The molecular formula is C61H39NS. The van der Waals surface area contributed by atoms with Gasteiger partial charge in [0.1, 0.15) is 0 Å². The maximum absolute atomic E-state index is 2.56. The molecule has 1 nitrogen and oxygen atoms in total. The lowest BCUT2D eigenvalue weighted by Crippen LogP contribution is -2.25. The molecule has 1 aromatic heterocycles. The Kier molecular flexibility index (Phi) is 8.06. The first-order valence-corrected chi connectivity index (χ1v) is 22.6. The van der Waals surface area contributed by atoms with Crippen LogP contribution in [0, 0.1) is 0 Å². The molecule has 63 heavy (non-hydrogen) atoms. The highest BCUT2D eigenvalue weighted by Crippen LogP contribution is 2.65. The van der Waals surface area contributed by atoms with E-state index in [1.54, 1.807) is 0 Å². The SMILES string of the molecule is c1ccc(-c2ccc(N(c3ccc(-c4ccccc4)cc3)c3ccc4sc5cc6c(c(-c7ccccc7)c5c4c3)-c3ccccc3C63c4ccccc4-c4ccccc43)cc2)cc1. The summed E-state index contributed by atoms with van der Waals surface area (Å²) in [6, 6.07) is 87.5. The molecule has 0 atom stereocenters. The molecule has 0 unspecified atom stereocenters. The number of fused-ring (bicyclic) bond motifs is 13. The monoisotopic (exact) mass is 817 g/mol. The minimum Gasteiger partial charge on any atom is -0.310 e. The van der Waals surface area contributed by atoms with Crippen molar-refractivity contribution in [3.63, 3.8) is 0 Å². The van der Waals surface area contributed by atoms with Crippen molar-refractivity contribution < 1.29 is 0 Å². The predicted octanol–water partition coefficient (Wildman–Crippen LogP) is 16.9. The molecule has 13 rings (SSSR count). The highest BCUT2D eigenvalue weighted by Gasteiger charge is 2.52. The van der Waals surface area contributed by atoms with Crippen molar-refractivity contribution >= 4 is 48.6 Å². The second kappa shape index (κ2) is 14.1. The molecule has 0 N–H and O–H groups in total. The Morgan fingerprint density at radius 2 is 0.730 bits per heavy atom. The largest absolute Gasteiger partial charge is 0.310 e. The van der Waals surface area contributed by atoms with Crippen LogP contribution in [0.3, 0.4) is 0 Å². The second-order valence-electron chi connectivity index (χ2n) is 16.7. The number of benzene rings is 10. The van der Waals surface area contributed by atoms with E-state index in [2.05, 4.69) is 241 Å². The first-order valence-electron chi connectivity index (χ1n) is 21.8. The van der Waals surface area contributed by atoms with Crippen molar-refractivity contribution in [3.8, 4) is 55.6 Å². The Hall–Kier alpha value is -7.78. The molecule has 0 aliphatic heterocycles. The minimum atomic E-state index is -0.424. The van der Waals surface area contributed by atoms with Gasteiger partial charge in [0.15, 0.2) is 0 Å². The fourth-order valence-electron chi connectivity index (χ4n) is 10.8. The average molecular weight is 818 g/mol. The predicted molar refractivity (Wildman–Crippen MR) is 267 cm³/mol. The summed E-state index contributed by atoms with van der Waals surface area (Å²) >= 11 is 1.91. The Morgan fingerprint density at radius 1 is 0.302 bits per heavy atom. The Bertz CT molecular complexity index is 3400. The van der Waals surface area contributed by atoms with E-state index in [1.165, 1.54) is 98.1 Å². The van der Waals surface area contributed by atoms with Crippen LogP contribution in [0.2, 0.25) is 0 Å². The maximum atomic E-state index is 2.56. The van der Waals surface area contributed by atoms with Gasteiger partial charge in [0.25, 0.3) is 0 Å². The number of hydrogen-bond donors (Lipinski definition) is 0. The lowest BCUT2D eigenvalue weighted by atomic mass is 9.70. The third kappa shape index (κ3) is 5.35. The molecule has 0 radical (unpaired) electrons. The van der Waals surface area contributed by atoms with Crippen LogP contribution < -0.4 is 4.90 Å². The van der Waals surface area contributed by atoms with Crippen LogP contribution in [0.1, 0.15) is 22.3 Å². The van der Waals surface area contributed by atoms with Crippen molar-refractivity contribution in [2.45, 2.75) is 5.41 Å². The quantitative estimate of drug-likeness (QED) is 0.162. The summed E-state index contributed by atoms with van der Waals surface area (Å²) in [6.45, 7) is 0. The number of nitrogens with zero attached hydrogens (tertiary/aromatic N) is 1. The van der Waals surface area contributed by atoms with Gasteiger partial charge in [-0.1, -0.05) is 188 Å². The Balaban J connectivity index is 1.07. The molecule has 11 aromatic rings. The van der Waals surface area contributed by atoms with Crippen molar-refractivity contribution in [1.29, 1.82) is 0 Å². The summed E-state index contributed by atoms with van der Waals surface area (Å²) in [5.74, 6) is 0. The van der Waals surface area contributed by atoms with E-state index in [4.69, 9.17) is 0 Å². The number of hydrogen-bond acceptors (Lipinski definition) is 2. The molecule has 0 saturated carbocycles. The van der Waals surface area contributed by atoms with Gasteiger partial charge in [0, 0.05) is 37.2 Å². The fourth-order valence-corrected chi connectivity index (χ4v) is 12.0. The summed E-state index contributed by atoms with van der Waals surface area (Å²) in [5, 5.41) is 2.58. The molecule has 10 aromatic carbocycles. The van der Waals surface area contributed by atoms with E-state index >= 15 is 0 Å². The van der Waals surface area contributed by atoms with Gasteiger partial charge in [-0.15, -0.1) is 11.3 Å². The summed E-state index contributed by atoms with van der Waals surface area (Å²) in [6.07, 6.45) is 0. The molecule has 2 aliphatic rings. The second-order valence-corrected chi connectivity index (χ2v) is 17.8. The molecule has 0 bridgehead atoms. The van der Waals surface area contributed by atoms with Crippen LogP contribution in [-0.2, 0) is 5.41 Å². The summed E-state index contributed by atoms with van der Waals surface area (Å²) in [7, 11) is 0. The molecule has 1 heterocycles. The zero-order valence-electron chi connectivity index (χ0n) is 34.4. The van der Waals surface area contributed by atoms with Gasteiger partial charge in [0.05, 0.1) is 5.41 Å². The summed E-state index contributed by atoms with van der Waals surface area (Å²) in [5.41, 5.74) is 21.1. The minimum absolute atomic E-state index is 0.424. The highest BCUT2D eigenvalue weighted by atomic mass is 32.1. The molecular weight excluding hydrogens is 779 g/mol. The molecule has 2 heteroatoms. The van der Waals surface area contributed by atoms with Gasteiger partial charge in [-0.05, 0) is 126 Å². The van der Waals surface area contributed by atoms with Crippen molar-refractivity contribution in [2.24, 2.45) is 0 Å². The van der Waals surface area contributed by atoms with E-state index in [0.29, 0.717) is 0 Å². The topological polar surface area (TPSA) is 3.24 Å². The van der Waals surface area contributed by atoms with E-state index in [1.807, 2.05) is 11.3 Å². The Morgan fingerprint density at radius 3 is 1.27 bits per heavy atom. The van der Waals surface area contributed by atoms with Gasteiger partial charge in [0.2, 0.25) is 0 Å². The van der Waals surface area contributed by atoms with Crippen LogP contribution >= 0.6 is 11.3 Å². The zero-order valence-corrected chi connectivity index (χ0v) is 35.2.